The number of nitrogens with one attached hydrogen (secondary N) is 1. The van der Waals surface area contributed by atoms with Crippen molar-refractivity contribution in [1.82, 2.24) is 10.2 Å². The zero-order chi connectivity index (χ0) is 14.5. The Morgan fingerprint density at radius 2 is 2.05 bits per heavy atom. The number of halogens is 1. The molecule has 1 fully saturated rings. The van der Waals surface area contributed by atoms with Crippen LogP contribution in [-0.4, -0.2) is 31.1 Å². The predicted molar refractivity (Wildman–Crippen MR) is 87.1 cm³/mol. The van der Waals surface area contributed by atoms with Gasteiger partial charge in [-0.15, -0.1) is 11.3 Å². The van der Waals surface area contributed by atoms with Gasteiger partial charge in [0.15, 0.2) is 0 Å². The molecule has 0 unspecified atom stereocenters. The molecule has 0 radical (unpaired) electrons. The van der Waals surface area contributed by atoms with E-state index in [1.165, 1.54) is 25.9 Å². The van der Waals surface area contributed by atoms with Crippen molar-refractivity contribution >= 4 is 11.3 Å². The first-order valence-corrected chi connectivity index (χ1v) is 8.46. The highest BCUT2D eigenvalue weighted by molar-refractivity contribution is 7.13. The highest BCUT2D eigenvalue weighted by atomic mass is 32.1. The van der Waals surface area contributed by atoms with E-state index in [1.54, 1.807) is 17.4 Å². The van der Waals surface area contributed by atoms with Gasteiger partial charge in [0.25, 0.3) is 0 Å². The van der Waals surface area contributed by atoms with Crippen molar-refractivity contribution in [3.63, 3.8) is 0 Å². The van der Waals surface area contributed by atoms with E-state index in [0.29, 0.717) is 5.56 Å². The molecule has 1 aromatic carbocycles. The van der Waals surface area contributed by atoms with Crippen LogP contribution in [0.2, 0.25) is 0 Å². The average molecular weight is 304 g/mol. The van der Waals surface area contributed by atoms with Gasteiger partial charge >= 0.3 is 0 Å². The standard InChI is InChI=1S/C17H21FN2S/c18-16-6-5-14(12-15(16)17-4-3-11-21-17)13-19-7-10-20-8-1-2-9-20/h3-6,11-12,19H,1-2,7-10,13H2. The molecule has 2 aromatic rings. The van der Waals surface area contributed by atoms with Crippen LogP contribution < -0.4 is 5.32 Å². The third-order valence-corrected chi connectivity index (χ3v) is 4.85. The maximum Gasteiger partial charge on any atom is 0.131 e. The van der Waals surface area contributed by atoms with E-state index in [1.807, 2.05) is 29.6 Å². The summed E-state index contributed by atoms with van der Waals surface area (Å²) >= 11 is 1.58. The van der Waals surface area contributed by atoms with Gasteiger partial charge in [-0.25, -0.2) is 4.39 Å². The summed E-state index contributed by atoms with van der Waals surface area (Å²) in [5, 5.41) is 5.44. The van der Waals surface area contributed by atoms with E-state index in [4.69, 9.17) is 0 Å². The third-order valence-electron chi connectivity index (χ3n) is 3.95. The van der Waals surface area contributed by atoms with Crippen molar-refractivity contribution in [1.29, 1.82) is 0 Å². The molecular weight excluding hydrogens is 283 g/mol. The lowest BCUT2D eigenvalue weighted by molar-refractivity contribution is 0.335. The van der Waals surface area contributed by atoms with E-state index in [0.717, 1.165) is 30.1 Å². The van der Waals surface area contributed by atoms with Gasteiger partial charge in [-0.1, -0.05) is 12.1 Å². The summed E-state index contributed by atoms with van der Waals surface area (Å²) in [6.07, 6.45) is 2.67. The summed E-state index contributed by atoms with van der Waals surface area (Å²) in [6.45, 7) is 5.37. The van der Waals surface area contributed by atoms with Crippen LogP contribution in [0.1, 0.15) is 18.4 Å². The quantitative estimate of drug-likeness (QED) is 0.818. The van der Waals surface area contributed by atoms with Gasteiger partial charge in [-0.05, 0) is 55.1 Å². The predicted octanol–water partition coefficient (Wildman–Crippen LogP) is 3.74. The number of benzene rings is 1. The largest absolute Gasteiger partial charge is 0.311 e. The first-order chi connectivity index (χ1) is 10.3. The Morgan fingerprint density at radius 3 is 2.81 bits per heavy atom. The lowest BCUT2D eigenvalue weighted by Gasteiger charge is -2.15. The molecule has 0 bridgehead atoms. The van der Waals surface area contributed by atoms with Crippen LogP contribution in [0.25, 0.3) is 10.4 Å². The summed E-state index contributed by atoms with van der Waals surface area (Å²) in [7, 11) is 0. The van der Waals surface area contributed by atoms with E-state index in [-0.39, 0.29) is 5.82 Å². The van der Waals surface area contributed by atoms with Gasteiger partial charge in [-0.2, -0.15) is 0 Å². The van der Waals surface area contributed by atoms with Crippen molar-refractivity contribution in [2.24, 2.45) is 0 Å². The molecule has 112 valence electrons. The summed E-state index contributed by atoms with van der Waals surface area (Å²) in [6, 6.07) is 9.33. The molecule has 1 saturated heterocycles. The van der Waals surface area contributed by atoms with Crippen LogP contribution in [0.3, 0.4) is 0 Å². The molecule has 4 heteroatoms. The van der Waals surface area contributed by atoms with E-state index in [9.17, 15) is 4.39 Å². The Labute approximate surface area is 129 Å². The summed E-state index contributed by atoms with van der Waals surface area (Å²) in [5.41, 5.74) is 1.85. The van der Waals surface area contributed by atoms with Gasteiger partial charge in [0.1, 0.15) is 5.82 Å². The molecule has 2 nitrogen and oxygen atoms in total. The van der Waals surface area contributed by atoms with Gasteiger partial charge in [0.2, 0.25) is 0 Å². The fourth-order valence-corrected chi connectivity index (χ4v) is 3.52. The molecule has 0 aliphatic carbocycles. The van der Waals surface area contributed by atoms with E-state index in [2.05, 4.69) is 10.2 Å². The first-order valence-electron chi connectivity index (χ1n) is 7.58. The molecule has 0 atom stereocenters. The molecular formula is C17H21FN2S. The molecule has 1 aliphatic heterocycles. The smallest absolute Gasteiger partial charge is 0.131 e. The number of hydrogen-bond acceptors (Lipinski definition) is 3. The SMILES string of the molecule is Fc1ccc(CNCCN2CCCC2)cc1-c1cccs1. The van der Waals surface area contributed by atoms with Gasteiger partial charge in [0.05, 0.1) is 0 Å². The second-order valence-electron chi connectivity index (χ2n) is 5.52. The van der Waals surface area contributed by atoms with E-state index >= 15 is 0 Å². The molecule has 1 N–H and O–H groups in total. The van der Waals surface area contributed by atoms with Crippen LogP contribution in [0.4, 0.5) is 4.39 Å². The van der Waals surface area contributed by atoms with Gasteiger partial charge in [-0.3, -0.25) is 0 Å². The van der Waals surface area contributed by atoms with Crippen LogP contribution in [0.15, 0.2) is 35.7 Å². The molecule has 1 aromatic heterocycles. The van der Waals surface area contributed by atoms with Crippen LogP contribution in [0.5, 0.6) is 0 Å². The fourth-order valence-electron chi connectivity index (χ4n) is 2.78. The second-order valence-corrected chi connectivity index (χ2v) is 6.46. The Kier molecular flexibility index (Phi) is 5.01. The molecule has 0 spiro atoms. The minimum atomic E-state index is -0.140. The summed E-state index contributed by atoms with van der Waals surface area (Å²) < 4.78 is 13.9. The normalized spacial score (nSPS) is 15.7. The van der Waals surface area contributed by atoms with Crippen LogP contribution in [-0.2, 0) is 6.54 Å². The number of likely N-dealkylation sites (tertiary alicyclic amines) is 1. The van der Waals surface area contributed by atoms with Crippen molar-refractivity contribution < 1.29 is 4.39 Å². The van der Waals surface area contributed by atoms with Crippen molar-refractivity contribution in [2.45, 2.75) is 19.4 Å². The Hall–Kier alpha value is -1.23. The van der Waals surface area contributed by atoms with Gasteiger partial charge < -0.3 is 10.2 Å². The van der Waals surface area contributed by atoms with E-state index < -0.39 is 0 Å². The minimum absolute atomic E-state index is 0.140. The second kappa shape index (κ2) is 7.16. The molecule has 1 aliphatic rings. The van der Waals surface area contributed by atoms with Crippen molar-refractivity contribution in [3.8, 4) is 10.4 Å². The number of thiophene rings is 1. The van der Waals surface area contributed by atoms with Gasteiger partial charge in [0, 0.05) is 30.1 Å². The first kappa shape index (κ1) is 14.7. The van der Waals surface area contributed by atoms with Crippen molar-refractivity contribution in [3.05, 3.63) is 47.1 Å². The van der Waals surface area contributed by atoms with Crippen LogP contribution >= 0.6 is 11.3 Å². The Morgan fingerprint density at radius 1 is 1.19 bits per heavy atom. The molecule has 2 heterocycles. The maximum atomic E-state index is 13.9. The fraction of sp³-hybridized carbons (Fsp3) is 0.412. The minimum Gasteiger partial charge on any atom is -0.311 e. The molecule has 0 amide bonds. The number of nitrogens with zero attached hydrogens (tertiary/aromatic N) is 1. The number of hydrogen-bond donors (Lipinski definition) is 1. The Bertz CT molecular complexity index is 562. The highest BCUT2D eigenvalue weighted by Crippen LogP contribution is 2.28. The molecule has 3 rings (SSSR count). The third kappa shape index (κ3) is 3.90. The maximum absolute atomic E-state index is 13.9. The molecule has 0 saturated carbocycles. The Balaban J connectivity index is 1.54. The zero-order valence-corrected chi connectivity index (χ0v) is 13.0. The molecule has 21 heavy (non-hydrogen) atoms. The summed E-state index contributed by atoms with van der Waals surface area (Å²) in [4.78, 5) is 3.49. The van der Waals surface area contributed by atoms with Crippen LogP contribution in [0, 0.1) is 5.82 Å². The highest BCUT2D eigenvalue weighted by Gasteiger charge is 2.10. The average Bonchev–Trinajstić information content (AvgIpc) is 3.18. The monoisotopic (exact) mass is 304 g/mol. The van der Waals surface area contributed by atoms with Crippen molar-refractivity contribution in [2.75, 3.05) is 26.2 Å². The zero-order valence-electron chi connectivity index (χ0n) is 12.1. The lowest BCUT2D eigenvalue weighted by Crippen LogP contribution is -2.29. The number of rotatable bonds is 6. The lowest BCUT2D eigenvalue weighted by atomic mass is 10.1. The summed E-state index contributed by atoms with van der Waals surface area (Å²) in [5.74, 6) is -0.140. The topological polar surface area (TPSA) is 15.3 Å².